The highest BCUT2D eigenvalue weighted by atomic mass is 32.2. The summed E-state index contributed by atoms with van der Waals surface area (Å²) in [6.45, 7) is 11.4. The number of rotatable bonds is 7. The molecule has 0 aliphatic carbocycles. The second kappa shape index (κ2) is 9.35. The molecule has 2 amide bonds. The van der Waals surface area contributed by atoms with E-state index in [1.165, 1.54) is 0 Å². The molecule has 0 aromatic heterocycles. The van der Waals surface area contributed by atoms with Gasteiger partial charge < -0.3 is 14.2 Å². The van der Waals surface area contributed by atoms with Gasteiger partial charge in [-0.3, -0.25) is 19.3 Å². The number of carbonyl (C=O) groups excluding carboxylic acids is 3. The summed E-state index contributed by atoms with van der Waals surface area (Å²) in [6, 6.07) is 3.62. The Morgan fingerprint density at radius 2 is 1.69 bits per heavy atom. The van der Waals surface area contributed by atoms with Crippen molar-refractivity contribution in [2.75, 3.05) is 19.8 Å². The molecule has 0 saturated carbocycles. The van der Waals surface area contributed by atoms with Gasteiger partial charge >= 0.3 is 5.97 Å². The van der Waals surface area contributed by atoms with E-state index < -0.39 is 29.3 Å². The van der Waals surface area contributed by atoms with Crippen LogP contribution in [0.25, 0.3) is 6.08 Å². The van der Waals surface area contributed by atoms with Crippen LogP contribution >= 0.6 is 11.8 Å². The smallest absolute Gasteiger partial charge is 0.326 e. The highest BCUT2D eigenvalue weighted by molar-refractivity contribution is 8.18. The van der Waals surface area contributed by atoms with Crippen molar-refractivity contribution in [1.29, 1.82) is 0 Å². The van der Waals surface area contributed by atoms with Crippen molar-refractivity contribution in [3.63, 3.8) is 0 Å². The summed E-state index contributed by atoms with van der Waals surface area (Å²) in [5.74, 6) is 0.0512. The van der Waals surface area contributed by atoms with Gasteiger partial charge in [0.05, 0.1) is 18.1 Å². The van der Waals surface area contributed by atoms with Crippen LogP contribution < -0.4 is 9.47 Å². The minimum atomic E-state index is -0.691. The Kier molecular flexibility index (Phi) is 7.35. The molecule has 0 bridgehead atoms. The van der Waals surface area contributed by atoms with Crippen molar-refractivity contribution in [1.82, 2.24) is 4.90 Å². The number of thioether (sulfide) groups is 1. The van der Waals surface area contributed by atoms with E-state index in [2.05, 4.69) is 0 Å². The Balaban J connectivity index is 2.26. The first kappa shape index (κ1) is 22.8. The number of amides is 2. The summed E-state index contributed by atoms with van der Waals surface area (Å²) in [5, 5.41) is -0.499. The highest BCUT2D eigenvalue weighted by Crippen LogP contribution is 2.36. The van der Waals surface area contributed by atoms with Gasteiger partial charge in [-0.05, 0) is 82.6 Å². The molecular formula is C21H27NO6S. The van der Waals surface area contributed by atoms with Gasteiger partial charge in [-0.15, -0.1) is 0 Å². The molecule has 1 fully saturated rings. The average Bonchev–Trinajstić information content (AvgIpc) is 2.85. The summed E-state index contributed by atoms with van der Waals surface area (Å²) in [6.07, 6.45) is 1.63. The van der Waals surface area contributed by atoms with Gasteiger partial charge in [0.25, 0.3) is 11.1 Å². The molecule has 0 atom stereocenters. The van der Waals surface area contributed by atoms with Crippen molar-refractivity contribution >= 4 is 35.0 Å². The third-order valence-electron chi connectivity index (χ3n) is 3.80. The number of carbonyl (C=O) groups is 3. The first-order chi connectivity index (χ1) is 13.6. The van der Waals surface area contributed by atoms with E-state index in [0.29, 0.717) is 24.7 Å². The molecule has 1 aliphatic heterocycles. The first-order valence-corrected chi connectivity index (χ1v) is 10.2. The van der Waals surface area contributed by atoms with E-state index in [1.807, 2.05) is 26.8 Å². The van der Waals surface area contributed by atoms with Crippen LogP contribution in [0.2, 0.25) is 0 Å². The molecule has 1 aromatic carbocycles. The average molecular weight is 422 g/mol. The Morgan fingerprint density at radius 1 is 1.10 bits per heavy atom. The minimum Gasteiger partial charge on any atom is -0.490 e. The molecule has 158 valence electrons. The third-order valence-corrected chi connectivity index (χ3v) is 4.71. The summed E-state index contributed by atoms with van der Waals surface area (Å²) in [7, 11) is 0. The van der Waals surface area contributed by atoms with Crippen LogP contribution in [-0.4, -0.2) is 47.4 Å². The van der Waals surface area contributed by atoms with Crippen LogP contribution in [0, 0.1) is 6.92 Å². The van der Waals surface area contributed by atoms with Crippen molar-refractivity contribution in [2.45, 2.75) is 47.1 Å². The molecule has 0 unspecified atom stereocenters. The first-order valence-electron chi connectivity index (χ1n) is 9.43. The molecular weight excluding hydrogens is 394 g/mol. The van der Waals surface area contributed by atoms with Gasteiger partial charge in [0, 0.05) is 0 Å². The highest BCUT2D eigenvalue weighted by Gasteiger charge is 2.37. The molecule has 0 radical (unpaired) electrons. The quantitative estimate of drug-likeness (QED) is 0.483. The predicted molar refractivity (Wildman–Crippen MR) is 112 cm³/mol. The van der Waals surface area contributed by atoms with E-state index in [0.717, 1.165) is 27.8 Å². The normalized spacial score (nSPS) is 15.8. The molecule has 29 heavy (non-hydrogen) atoms. The van der Waals surface area contributed by atoms with E-state index >= 15 is 0 Å². The van der Waals surface area contributed by atoms with Crippen molar-refractivity contribution < 1.29 is 28.6 Å². The largest absolute Gasteiger partial charge is 0.490 e. The third kappa shape index (κ3) is 6.00. The van der Waals surface area contributed by atoms with Crippen molar-refractivity contribution in [3.05, 3.63) is 28.2 Å². The van der Waals surface area contributed by atoms with Crippen LogP contribution in [0.3, 0.4) is 0 Å². The van der Waals surface area contributed by atoms with Gasteiger partial charge in [0.15, 0.2) is 11.5 Å². The van der Waals surface area contributed by atoms with Gasteiger partial charge in [0.2, 0.25) is 0 Å². The minimum absolute atomic E-state index is 0.244. The summed E-state index contributed by atoms with van der Waals surface area (Å²) >= 11 is 0.798. The van der Waals surface area contributed by atoms with Crippen LogP contribution in [0.1, 0.15) is 45.7 Å². The lowest BCUT2D eigenvalue weighted by atomic mass is 10.1. The molecule has 0 N–H and O–H groups in total. The van der Waals surface area contributed by atoms with Crippen molar-refractivity contribution in [2.24, 2.45) is 0 Å². The second-order valence-electron chi connectivity index (χ2n) is 7.38. The fraction of sp³-hybridized carbons (Fsp3) is 0.476. The number of benzene rings is 1. The monoisotopic (exact) mass is 421 g/mol. The van der Waals surface area contributed by atoms with Crippen LogP contribution in [0.5, 0.6) is 11.5 Å². The number of imide groups is 1. The molecule has 8 heteroatoms. The molecule has 1 heterocycles. The number of hydrogen-bond donors (Lipinski definition) is 0. The summed E-state index contributed by atoms with van der Waals surface area (Å²) in [4.78, 5) is 38.1. The fourth-order valence-corrected chi connectivity index (χ4v) is 3.48. The van der Waals surface area contributed by atoms with Gasteiger partial charge in [-0.25, -0.2) is 0 Å². The molecule has 2 rings (SSSR count). The van der Waals surface area contributed by atoms with Crippen molar-refractivity contribution in [3.8, 4) is 11.5 Å². The number of ether oxygens (including phenoxy) is 3. The molecule has 1 aromatic rings. The zero-order chi connectivity index (χ0) is 21.8. The fourth-order valence-electron chi connectivity index (χ4n) is 2.65. The Bertz CT molecular complexity index is 840. The SMILES string of the molecule is CCOc1cc(C)c(/C=C2/SC(=O)N(CC(=O)OC(C)(C)C)C2=O)cc1OCC. The zero-order valence-electron chi connectivity index (χ0n) is 17.7. The van der Waals surface area contributed by atoms with E-state index in [-0.39, 0.29) is 4.91 Å². The maximum Gasteiger partial charge on any atom is 0.326 e. The topological polar surface area (TPSA) is 82.1 Å². The lowest BCUT2D eigenvalue weighted by Crippen LogP contribution is -2.37. The Hall–Kier alpha value is -2.48. The maximum atomic E-state index is 12.7. The maximum absolute atomic E-state index is 12.7. The molecule has 1 aliphatic rings. The number of hydrogen-bond acceptors (Lipinski definition) is 7. The second-order valence-corrected chi connectivity index (χ2v) is 8.37. The summed E-state index contributed by atoms with van der Waals surface area (Å²) in [5.41, 5.74) is 0.916. The lowest BCUT2D eigenvalue weighted by Gasteiger charge is -2.21. The number of aryl methyl sites for hydroxylation is 1. The number of esters is 1. The van der Waals surface area contributed by atoms with E-state index in [9.17, 15) is 14.4 Å². The van der Waals surface area contributed by atoms with E-state index in [4.69, 9.17) is 14.2 Å². The van der Waals surface area contributed by atoms with Gasteiger partial charge in [0.1, 0.15) is 12.1 Å². The van der Waals surface area contributed by atoms with Crippen LogP contribution in [0.15, 0.2) is 17.0 Å². The Morgan fingerprint density at radius 3 is 2.24 bits per heavy atom. The molecule has 7 nitrogen and oxygen atoms in total. The Labute approximate surface area is 175 Å². The summed E-state index contributed by atoms with van der Waals surface area (Å²) < 4.78 is 16.4. The lowest BCUT2D eigenvalue weighted by molar-refractivity contribution is -0.156. The van der Waals surface area contributed by atoms with Crippen LogP contribution in [0.4, 0.5) is 4.79 Å². The van der Waals surface area contributed by atoms with E-state index in [1.54, 1.807) is 32.9 Å². The number of nitrogens with zero attached hydrogens (tertiary/aromatic N) is 1. The zero-order valence-corrected chi connectivity index (χ0v) is 18.5. The van der Waals surface area contributed by atoms with Gasteiger partial charge in [-0.1, -0.05) is 0 Å². The molecule has 1 saturated heterocycles. The van der Waals surface area contributed by atoms with Gasteiger partial charge in [-0.2, -0.15) is 0 Å². The van der Waals surface area contributed by atoms with Crippen LogP contribution in [-0.2, 0) is 14.3 Å². The molecule has 0 spiro atoms. The predicted octanol–water partition coefficient (Wildman–Crippen LogP) is 4.17. The standard InChI is InChI=1S/C21H27NO6S/c1-7-26-15-9-13(3)14(10-16(15)27-8-2)11-17-19(24)22(20(25)29-17)12-18(23)28-21(4,5)6/h9-11H,7-8,12H2,1-6H3/b17-11+.